The molecule has 2 rings (SSSR count). The Morgan fingerprint density at radius 1 is 1.62 bits per heavy atom. The van der Waals surface area contributed by atoms with Gasteiger partial charge in [0.05, 0.1) is 6.33 Å². The van der Waals surface area contributed by atoms with Gasteiger partial charge in [-0.3, -0.25) is 9.59 Å². The number of rotatable bonds is 0. The fraction of sp³-hybridized carbons (Fsp3) is 0.286. The lowest BCUT2D eigenvalue weighted by Crippen LogP contribution is -2.39. The Morgan fingerprint density at radius 2 is 2.38 bits per heavy atom. The molecule has 0 radical (unpaired) electrons. The lowest BCUT2D eigenvalue weighted by molar-refractivity contribution is -0.121. The molecule has 13 heavy (non-hydrogen) atoms. The summed E-state index contributed by atoms with van der Waals surface area (Å²) in [6, 6.07) is 0. The number of carbonyl (C=O) groups is 1. The molecule has 0 atom stereocenters. The van der Waals surface area contributed by atoms with E-state index < -0.39 is 0 Å². The van der Waals surface area contributed by atoms with Crippen LogP contribution in [-0.4, -0.2) is 29.5 Å². The maximum atomic E-state index is 11.3. The van der Waals surface area contributed by atoms with Crippen LogP contribution >= 0.6 is 0 Å². The molecule has 0 fully saturated rings. The molecule has 1 aromatic heterocycles. The number of carbonyl (C=O) groups excluding carboxylic acids is 1. The predicted molar refractivity (Wildman–Crippen MR) is 43.8 cm³/mol. The van der Waals surface area contributed by atoms with E-state index in [2.05, 4.69) is 9.97 Å². The first-order valence-corrected chi connectivity index (χ1v) is 3.67. The molecule has 0 spiro atoms. The van der Waals surface area contributed by atoms with Gasteiger partial charge in [0.2, 0.25) is 5.88 Å². The molecular formula is C7H7N3O3. The first-order valence-electron chi connectivity index (χ1n) is 3.67. The largest absolute Gasteiger partial charge is 0.466 e. The molecule has 1 aliphatic rings. The zero-order valence-corrected chi connectivity index (χ0v) is 6.90. The van der Waals surface area contributed by atoms with E-state index in [0.29, 0.717) is 0 Å². The SMILES string of the molecule is CN1C(=O)COc2nc[nH]c(=O)c21. The van der Waals surface area contributed by atoms with Crippen LogP contribution in [0.5, 0.6) is 5.88 Å². The average Bonchev–Trinajstić information content (AvgIpc) is 2.12. The van der Waals surface area contributed by atoms with Gasteiger partial charge in [0, 0.05) is 7.05 Å². The number of H-pyrrole nitrogens is 1. The number of anilines is 1. The number of hydrogen-bond acceptors (Lipinski definition) is 4. The summed E-state index contributed by atoms with van der Waals surface area (Å²) in [4.78, 5) is 29.8. The summed E-state index contributed by atoms with van der Waals surface area (Å²) in [6.07, 6.45) is 1.24. The Morgan fingerprint density at radius 3 is 3.15 bits per heavy atom. The third kappa shape index (κ3) is 1.07. The van der Waals surface area contributed by atoms with E-state index in [1.54, 1.807) is 0 Å². The summed E-state index contributed by atoms with van der Waals surface area (Å²) < 4.78 is 4.96. The van der Waals surface area contributed by atoms with Crippen molar-refractivity contribution in [2.75, 3.05) is 18.6 Å². The predicted octanol–water partition coefficient (Wildman–Crippen LogP) is -0.875. The minimum atomic E-state index is -0.374. The van der Waals surface area contributed by atoms with Crippen LogP contribution in [0.3, 0.4) is 0 Å². The number of aromatic amines is 1. The molecule has 0 bridgehead atoms. The Bertz CT molecular complexity index is 412. The molecule has 0 saturated carbocycles. The maximum Gasteiger partial charge on any atom is 0.278 e. The van der Waals surface area contributed by atoms with Crippen LogP contribution in [0, 0.1) is 0 Å². The minimum absolute atomic E-state index is 0.0695. The van der Waals surface area contributed by atoms with Crippen LogP contribution in [0.2, 0.25) is 0 Å². The Labute approximate surface area is 73.2 Å². The summed E-state index contributed by atoms with van der Waals surface area (Å²) in [7, 11) is 1.51. The van der Waals surface area contributed by atoms with Gasteiger partial charge in [-0.05, 0) is 0 Å². The van der Waals surface area contributed by atoms with Crippen LogP contribution < -0.4 is 15.2 Å². The third-order valence-corrected chi connectivity index (χ3v) is 1.84. The van der Waals surface area contributed by atoms with E-state index in [1.807, 2.05) is 0 Å². The van der Waals surface area contributed by atoms with Gasteiger partial charge in [0.25, 0.3) is 11.5 Å². The normalized spacial score (nSPS) is 15.2. The van der Waals surface area contributed by atoms with Gasteiger partial charge in [0.15, 0.2) is 12.3 Å². The summed E-state index contributed by atoms with van der Waals surface area (Å²) in [6.45, 7) is -0.0695. The van der Waals surface area contributed by atoms with Gasteiger partial charge in [-0.25, -0.2) is 4.98 Å². The number of ether oxygens (including phenoxy) is 1. The number of amides is 1. The summed E-state index contributed by atoms with van der Waals surface area (Å²) in [5.41, 5.74) is -0.209. The van der Waals surface area contributed by atoms with Crippen LogP contribution in [0.4, 0.5) is 5.69 Å². The second-order valence-corrected chi connectivity index (χ2v) is 2.63. The standard InChI is InChI=1S/C7H7N3O3/c1-10-4(11)2-13-7-5(10)6(12)8-3-9-7/h3H,2H2,1H3,(H,8,9,12). The molecule has 68 valence electrons. The zero-order chi connectivity index (χ0) is 9.42. The summed E-state index contributed by atoms with van der Waals surface area (Å²) in [5.74, 6) is -0.0585. The van der Waals surface area contributed by atoms with Crippen molar-refractivity contribution in [3.8, 4) is 5.88 Å². The van der Waals surface area contributed by atoms with Crippen molar-refractivity contribution in [1.82, 2.24) is 9.97 Å². The molecule has 1 aromatic rings. The molecule has 1 N–H and O–H groups in total. The van der Waals surface area contributed by atoms with E-state index in [1.165, 1.54) is 18.3 Å². The molecule has 0 aliphatic carbocycles. The number of hydrogen-bond donors (Lipinski definition) is 1. The Hall–Kier alpha value is -1.85. The fourth-order valence-electron chi connectivity index (χ4n) is 1.13. The Balaban J connectivity index is 2.64. The highest BCUT2D eigenvalue weighted by atomic mass is 16.5. The van der Waals surface area contributed by atoms with Gasteiger partial charge in [-0.1, -0.05) is 0 Å². The molecule has 0 unspecified atom stereocenters. The fourth-order valence-corrected chi connectivity index (χ4v) is 1.13. The lowest BCUT2D eigenvalue weighted by Gasteiger charge is -2.23. The highest BCUT2D eigenvalue weighted by Gasteiger charge is 2.25. The van der Waals surface area contributed by atoms with Crippen molar-refractivity contribution < 1.29 is 9.53 Å². The van der Waals surface area contributed by atoms with E-state index in [0.717, 1.165) is 0 Å². The topological polar surface area (TPSA) is 75.3 Å². The van der Waals surface area contributed by atoms with Crippen molar-refractivity contribution in [1.29, 1.82) is 0 Å². The number of likely N-dealkylation sites (N-methyl/N-ethyl adjacent to an activating group) is 1. The second-order valence-electron chi connectivity index (χ2n) is 2.63. The van der Waals surface area contributed by atoms with Gasteiger partial charge in [-0.15, -0.1) is 0 Å². The van der Waals surface area contributed by atoms with Gasteiger partial charge in [0.1, 0.15) is 0 Å². The van der Waals surface area contributed by atoms with Gasteiger partial charge in [-0.2, -0.15) is 0 Å². The number of aromatic nitrogens is 2. The highest BCUT2D eigenvalue weighted by Crippen LogP contribution is 2.22. The van der Waals surface area contributed by atoms with Crippen LogP contribution in [-0.2, 0) is 4.79 Å². The molecule has 0 saturated heterocycles. The minimum Gasteiger partial charge on any atom is -0.466 e. The van der Waals surface area contributed by atoms with Crippen LogP contribution in [0.1, 0.15) is 0 Å². The molecule has 6 nitrogen and oxygen atoms in total. The third-order valence-electron chi connectivity index (χ3n) is 1.84. The van der Waals surface area contributed by atoms with E-state index in [-0.39, 0.29) is 29.6 Å². The number of nitrogens with one attached hydrogen (secondary N) is 1. The van der Waals surface area contributed by atoms with Crippen molar-refractivity contribution in [3.05, 3.63) is 16.7 Å². The van der Waals surface area contributed by atoms with E-state index in [4.69, 9.17) is 4.74 Å². The number of fused-ring (bicyclic) bond motifs is 1. The van der Waals surface area contributed by atoms with E-state index >= 15 is 0 Å². The van der Waals surface area contributed by atoms with Crippen molar-refractivity contribution in [2.24, 2.45) is 0 Å². The molecule has 2 heterocycles. The average molecular weight is 181 g/mol. The van der Waals surface area contributed by atoms with Crippen LogP contribution in [0.15, 0.2) is 11.1 Å². The van der Waals surface area contributed by atoms with Crippen molar-refractivity contribution in [2.45, 2.75) is 0 Å². The summed E-state index contributed by atoms with van der Waals surface area (Å²) in [5, 5.41) is 0. The molecule has 1 amide bonds. The van der Waals surface area contributed by atoms with Gasteiger partial charge >= 0.3 is 0 Å². The molecule has 0 aromatic carbocycles. The summed E-state index contributed by atoms with van der Waals surface area (Å²) >= 11 is 0. The maximum absolute atomic E-state index is 11.3. The Kier molecular flexibility index (Phi) is 1.54. The monoisotopic (exact) mass is 181 g/mol. The lowest BCUT2D eigenvalue weighted by atomic mass is 10.4. The molecule has 1 aliphatic heterocycles. The first kappa shape index (κ1) is 7.78. The van der Waals surface area contributed by atoms with Crippen LogP contribution in [0.25, 0.3) is 0 Å². The molecular weight excluding hydrogens is 174 g/mol. The van der Waals surface area contributed by atoms with E-state index in [9.17, 15) is 9.59 Å². The zero-order valence-electron chi connectivity index (χ0n) is 6.90. The quantitative estimate of drug-likeness (QED) is 0.564. The van der Waals surface area contributed by atoms with Crippen molar-refractivity contribution >= 4 is 11.6 Å². The second kappa shape index (κ2) is 2.58. The van der Waals surface area contributed by atoms with Crippen molar-refractivity contribution in [3.63, 3.8) is 0 Å². The first-order chi connectivity index (χ1) is 6.20. The van der Waals surface area contributed by atoms with Gasteiger partial charge < -0.3 is 14.6 Å². The molecule has 6 heteroatoms. The smallest absolute Gasteiger partial charge is 0.278 e. The number of nitrogens with zero attached hydrogens (tertiary/aromatic N) is 2. The highest BCUT2D eigenvalue weighted by molar-refractivity contribution is 5.96.